The molecule has 0 aromatic heterocycles. The molecule has 3 nitrogen and oxygen atoms in total. The lowest BCUT2D eigenvalue weighted by molar-refractivity contribution is 0.270. The van der Waals surface area contributed by atoms with E-state index in [0.29, 0.717) is 27.1 Å². The average Bonchev–Trinajstić information content (AvgIpc) is 2.39. The van der Waals surface area contributed by atoms with Crippen molar-refractivity contribution in [1.29, 1.82) is 0 Å². The molecule has 108 valence electrons. The maximum Gasteiger partial charge on any atom is 0.0604 e. The van der Waals surface area contributed by atoms with Gasteiger partial charge in [0.15, 0.2) is 0 Å². The van der Waals surface area contributed by atoms with Crippen LogP contribution in [-0.4, -0.2) is 34.3 Å². The van der Waals surface area contributed by atoms with E-state index in [-0.39, 0.29) is 12.6 Å². The molecular formula is C13H19Cl2NO2S. The molecule has 2 atom stereocenters. The van der Waals surface area contributed by atoms with Gasteiger partial charge in [0.25, 0.3) is 0 Å². The number of hydrogen-bond acceptors (Lipinski definition) is 3. The minimum absolute atomic E-state index is 0.0419. The molecule has 2 unspecified atom stereocenters. The Morgan fingerprint density at radius 2 is 2.11 bits per heavy atom. The first-order valence-corrected chi connectivity index (χ1v) is 8.33. The van der Waals surface area contributed by atoms with Crippen LogP contribution in [-0.2, 0) is 10.8 Å². The quantitative estimate of drug-likeness (QED) is 0.773. The second-order valence-electron chi connectivity index (χ2n) is 4.25. The minimum Gasteiger partial charge on any atom is -0.396 e. The van der Waals surface area contributed by atoms with Gasteiger partial charge in [0.1, 0.15) is 0 Å². The molecule has 0 aliphatic carbocycles. The van der Waals surface area contributed by atoms with Crippen molar-refractivity contribution < 1.29 is 9.32 Å². The van der Waals surface area contributed by atoms with Crippen LogP contribution in [0.4, 0.5) is 0 Å². The Morgan fingerprint density at radius 1 is 1.37 bits per heavy atom. The van der Waals surface area contributed by atoms with Gasteiger partial charge in [0.2, 0.25) is 0 Å². The monoisotopic (exact) mass is 323 g/mol. The number of hydrogen-bond donors (Lipinski definition) is 2. The molecule has 0 radical (unpaired) electrons. The summed E-state index contributed by atoms with van der Waals surface area (Å²) in [5.41, 5.74) is 0. The van der Waals surface area contributed by atoms with E-state index in [9.17, 15) is 4.21 Å². The third kappa shape index (κ3) is 5.79. The zero-order chi connectivity index (χ0) is 14.3. The van der Waals surface area contributed by atoms with Crippen molar-refractivity contribution in [3.8, 4) is 0 Å². The fraction of sp³-hybridized carbons (Fsp3) is 0.538. The highest BCUT2D eigenvalue weighted by atomic mass is 35.5. The van der Waals surface area contributed by atoms with Crippen molar-refractivity contribution in [1.82, 2.24) is 5.32 Å². The predicted octanol–water partition coefficient (Wildman–Crippen LogP) is 2.85. The summed E-state index contributed by atoms with van der Waals surface area (Å²) in [6.45, 7) is 3.00. The summed E-state index contributed by atoms with van der Waals surface area (Å²) < 4.78 is 12.2. The zero-order valence-corrected chi connectivity index (χ0v) is 13.2. The molecule has 6 heteroatoms. The molecule has 0 bridgehead atoms. The Balaban J connectivity index is 2.66. The predicted molar refractivity (Wildman–Crippen MR) is 81.5 cm³/mol. The topological polar surface area (TPSA) is 49.3 Å². The van der Waals surface area contributed by atoms with E-state index in [0.717, 1.165) is 13.0 Å². The largest absolute Gasteiger partial charge is 0.396 e. The van der Waals surface area contributed by atoms with Crippen molar-refractivity contribution in [3.63, 3.8) is 0 Å². The molecule has 0 aliphatic heterocycles. The van der Waals surface area contributed by atoms with Crippen LogP contribution in [0.5, 0.6) is 0 Å². The first-order chi connectivity index (χ1) is 9.08. The first-order valence-electron chi connectivity index (χ1n) is 6.26. The van der Waals surface area contributed by atoms with Crippen LogP contribution < -0.4 is 5.32 Å². The highest BCUT2D eigenvalue weighted by Gasteiger charge is 2.14. The third-order valence-corrected chi connectivity index (χ3v) is 4.89. The van der Waals surface area contributed by atoms with Crippen LogP contribution in [0.15, 0.2) is 23.1 Å². The Labute approximate surface area is 126 Å². The molecule has 1 aromatic rings. The fourth-order valence-corrected chi connectivity index (χ4v) is 3.32. The van der Waals surface area contributed by atoms with Gasteiger partial charge in [-0.25, -0.2) is 0 Å². The summed E-state index contributed by atoms with van der Waals surface area (Å²) >= 11 is 11.8. The average molecular weight is 324 g/mol. The molecular weight excluding hydrogens is 305 g/mol. The van der Waals surface area contributed by atoms with Crippen LogP contribution in [0.2, 0.25) is 10.0 Å². The van der Waals surface area contributed by atoms with E-state index in [1.165, 1.54) is 0 Å². The van der Waals surface area contributed by atoms with E-state index in [4.69, 9.17) is 28.3 Å². The summed E-state index contributed by atoms with van der Waals surface area (Å²) in [4.78, 5) is 0.663. The number of aliphatic hydroxyl groups excluding tert-OH is 1. The van der Waals surface area contributed by atoms with Gasteiger partial charge < -0.3 is 10.4 Å². The summed E-state index contributed by atoms with van der Waals surface area (Å²) in [6.07, 6.45) is 1.59. The van der Waals surface area contributed by atoms with Crippen molar-refractivity contribution >= 4 is 34.0 Å². The van der Waals surface area contributed by atoms with E-state index >= 15 is 0 Å². The van der Waals surface area contributed by atoms with Gasteiger partial charge in [-0.2, -0.15) is 0 Å². The molecule has 1 rings (SSSR count). The minimum atomic E-state index is -1.15. The molecule has 0 amide bonds. The maximum absolute atomic E-state index is 12.2. The second-order valence-corrected chi connectivity index (χ2v) is 6.56. The van der Waals surface area contributed by atoms with Crippen molar-refractivity contribution in [3.05, 3.63) is 28.2 Å². The number of benzene rings is 1. The van der Waals surface area contributed by atoms with Gasteiger partial charge in [-0.1, -0.05) is 30.1 Å². The molecule has 0 fully saturated rings. The number of halogens is 2. The molecule has 1 aromatic carbocycles. The van der Waals surface area contributed by atoms with Gasteiger partial charge in [-0.05, 0) is 37.6 Å². The summed E-state index contributed by atoms with van der Waals surface area (Å²) in [6, 6.07) is 5.05. The van der Waals surface area contributed by atoms with Crippen LogP contribution >= 0.6 is 23.2 Å². The molecule has 2 N–H and O–H groups in total. The van der Waals surface area contributed by atoms with Crippen LogP contribution in [0, 0.1) is 0 Å². The smallest absolute Gasteiger partial charge is 0.0604 e. The van der Waals surface area contributed by atoms with Crippen molar-refractivity contribution in [2.75, 3.05) is 18.9 Å². The normalized spacial score (nSPS) is 14.3. The van der Waals surface area contributed by atoms with Crippen LogP contribution in [0.1, 0.15) is 19.8 Å². The van der Waals surface area contributed by atoms with Gasteiger partial charge in [0.05, 0.1) is 20.8 Å². The second kappa shape index (κ2) is 8.93. The van der Waals surface area contributed by atoms with Gasteiger partial charge in [-0.15, -0.1) is 0 Å². The van der Waals surface area contributed by atoms with Gasteiger partial charge in [-0.3, -0.25) is 4.21 Å². The Kier molecular flexibility index (Phi) is 7.95. The maximum atomic E-state index is 12.2. The molecule has 0 aliphatic rings. The molecule has 0 heterocycles. The van der Waals surface area contributed by atoms with Gasteiger partial charge >= 0.3 is 0 Å². The zero-order valence-electron chi connectivity index (χ0n) is 10.9. The van der Waals surface area contributed by atoms with Crippen molar-refractivity contribution in [2.24, 2.45) is 0 Å². The number of aliphatic hydroxyl groups is 1. The Bertz CT molecular complexity index is 429. The highest BCUT2D eigenvalue weighted by molar-refractivity contribution is 7.85. The summed E-state index contributed by atoms with van der Waals surface area (Å²) in [5.74, 6) is 0.457. The lowest BCUT2D eigenvalue weighted by Crippen LogP contribution is -2.35. The lowest BCUT2D eigenvalue weighted by Gasteiger charge is -2.17. The summed E-state index contributed by atoms with van der Waals surface area (Å²) in [5, 5.41) is 13.2. The number of nitrogens with one attached hydrogen (secondary N) is 1. The van der Waals surface area contributed by atoms with Crippen LogP contribution in [0.3, 0.4) is 0 Å². The van der Waals surface area contributed by atoms with Crippen molar-refractivity contribution in [2.45, 2.75) is 30.7 Å². The molecule has 0 saturated carbocycles. The van der Waals surface area contributed by atoms with Gasteiger partial charge in [0, 0.05) is 23.3 Å². The molecule has 0 spiro atoms. The van der Waals surface area contributed by atoms with E-state index in [1.54, 1.807) is 18.2 Å². The van der Waals surface area contributed by atoms with E-state index < -0.39 is 10.8 Å². The highest BCUT2D eigenvalue weighted by Crippen LogP contribution is 2.24. The fourth-order valence-electron chi connectivity index (χ4n) is 1.65. The SMILES string of the molecule is CCCNC(CCO)CS(=O)c1ccc(Cl)c(Cl)c1. The first kappa shape index (κ1) is 16.9. The summed E-state index contributed by atoms with van der Waals surface area (Å²) in [7, 11) is -1.15. The molecule has 0 saturated heterocycles. The van der Waals surface area contributed by atoms with Crippen LogP contribution in [0.25, 0.3) is 0 Å². The molecule has 19 heavy (non-hydrogen) atoms. The number of rotatable bonds is 8. The standard InChI is InChI=1S/C13H19Cl2NO2S/c1-2-6-16-10(5-7-17)9-19(18)11-3-4-12(14)13(15)8-11/h3-4,8,10,16-17H,2,5-7,9H2,1H3. The van der Waals surface area contributed by atoms with E-state index in [2.05, 4.69) is 12.2 Å². The third-order valence-electron chi connectivity index (χ3n) is 2.67. The van der Waals surface area contributed by atoms with E-state index in [1.807, 2.05) is 0 Å². The Morgan fingerprint density at radius 3 is 2.68 bits per heavy atom. The lowest BCUT2D eigenvalue weighted by atomic mass is 10.2. The Hall–Kier alpha value is -0.130.